The number of hydrogen-bond donors (Lipinski definition) is 0. The van der Waals surface area contributed by atoms with Crippen molar-refractivity contribution in [2.75, 3.05) is 30.5 Å². The molecule has 0 bridgehead atoms. The van der Waals surface area contributed by atoms with Gasteiger partial charge in [0.25, 0.3) is 0 Å². The molecule has 108 valence electrons. The summed E-state index contributed by atoms with van der Waals surface area (Å²) >= 11 is 6.06. The molecule has 0 aromatic carbocycles. The van der Waals surface area contributed by atoms with Crippen LogP contribution in [0.25, 0.3) is 5.52 Å². The molecule has 1 saturated heterocycles. The van der Waals surface area contributed by atoms with Gasteiger partial charge in [0.2, 0.25) is 0 Å². The van der Waals surface area contributed by atoms with Crippen LogP contribution in [0.2, 0.25) is 0 Å². The topological polar surface area (TPSA) is 42.7 Å². The van der Waals surface area contributed by atoms with Crippen molar-refractivity contribution in [2.24, 2.45) is 0 Å². The third kappa shape index (κ3) is 2.36. The van der Waals surface area contributed by atoms with E-state index in [9.17, 15) is 0 Å². The lowest BCUT2D eigenvalue weighted by atomic mass is 10.1. The maximum Gasteiger partial charge on any atom is 0.155 e. The van der Waals surface area contributed by atoms with Gasteiger partial charge in [0.05, 0.1) is 24.9 Å². The fourth-order valence-corrected chi connectivity index (χ4v) is 2.75. The van der Waals surface area contributed by atoms with Gasteiger partial charge in [-0.15, -0.1) is 11.6 Å². The number of nitrogens with zero attached hydrogens (tertiary/aromatic N) is 4. The number of rotatable bonds is 3. The molecule has 6 heteroatoms. The number of fused-ring (bicyclic) bond motifs is 1. The van der Waals surface area contributed by atoms with Gasteiger partial charge in [-0.1, -0.05) is 13.8 Å². The highest BCUT2D eigenvalue weighted by molar-refractivity contribution is 6.18. The highest BCUT2D eigenvalue weighted by Gasteiger charge is 2.25. The van der Waals surface area contributed by atoms with Crippen molar-refractivity contribution in [3.63, 3.8) is 0 Å². The average Bonchev–Trinajstić information content (AvgIpc) is 2.91. The minimum atomic E-state index is 0.168. The Balaban J connectivity index is 2.05. The van der Waals surface area contributed by atoms with Crippen LogP contribution in [0, 0.1) is 0 Å². The van der Waals surface area contributed by atoms with Crippen LogP contribution in [-0.4, -0.2) is 46.3 Å². The van der Waals surface area contributed by atoms with Crippen molar-refractivity contribution in [2.45, 2.75) is 25.8 Å². The zero-order chi connectivity index (χ0) is 14.1. The van der Waals surface area contributed by atoms with Gasteiger partial charge in [-0.2, -0.15) is 5.10 Å². The summed E-state index contributed by atoms with van der Waals surface area (Å²) in [5, 5.41) is 4.60. The van der Waals surface area contributed by atoms with E-state index in [0.29, 0.717) is 25.0 Å². The number of ether oxygens (including phenoxy) is 1. The van der Waals surface area contributed by atoms with Gasteiger partial charge in [0.1, 0.15) is 5.52 Å². The molecule has 1 aliphatic heterocycles. The summed E-state index contributed by atoms with van der Waals surface area (Å²) in [5.74, 6) is 1.88. The molecule has 0 radical (unpaired) electrons. The van der Waals surface area contributed by atoms with Gasteiger partial charge in [0.15, 0.2) is 5.82 Å². The Bertz CT molecular complexity index is 598. The largest absolute Gasteiger partial charge is 0.377 e. The van der Waals surface area contributed by atoms with Crippen LogP contribution in [-0.2, 0) is 4.74 Å². The fourth-order valence-electron chi connectivity index (χ4n) is 2.49. The Kier molecular flexibility index (Phi) is 3.81. The molecular weight excluding hydrogens is 276 g/mol. The van der Waals surface area contributed by atoms with Crippen molar-refractivity contribution in [1.82, 2.24) is 14.6 Å². The number of aromatic nitrogens is 3. The van der Waals surface area contributed by atoms with E-state index in [0.717, 1.165) is 23.6 Å². The van der Waals surface area contributed by atoms with Crippen LogP contribution >= 0.6 is 11.6 Å². The van der Waals surface area contributed by atoms with E-state index in [4.69, 9.17) is 16.3 Å². The van der Waals surface area contributed by atoms with Crippen molar-refractivity contribution < 1.29 is 4.74 Å². The summed E-state index contributed by atoms with van der Waals surface area (Å²) in [5.41, 5.74) is 2.11. The molecule has 2 aromatic heterocycles. The van der Waals surface area contributed by atoms with Crippen LogP contribution in [0.1, 0.15) is 25.5 Å². The molecule has 1 atom stereocenters. The smallest absolute Gasteiger partial charge is 0.155 e. The molecule has 3 rings (SSSR count). The molecule has 3 heterocycles. The molecular formula is C14H19ClN4O. The van der Waals surface area contributed by atoms with Crippen LogP contribution in [0.4, 0.5) is 5.82 Å². The Morgan fingerprint density at radius 2 is 2.35 bits per heavy atom. The number of hydrogen-bond acceptors (Lipinski definition) is 4. The van der Waals surface area contributed by atoms with Crippen LogP contribution in [0.3, 0.4) is 0 Å². The molecule has 1 aliphatic rings. The number of anilines is 1. The second-order valence-electron chi connectivity index (χ2n) is 5.38. The van der Waals surface area contributed by atoms with Crippen LogP contribution in [0.5, 0.6) is 0 Å². The predicted octanol–water partition coefficient (Wildman–Crippen LogP) is 2.30. The Morgan fingerprint density at radius 3 is 3.10 bits per heavy atom. The second-order valence-corrected chi connectivity index (χ2v) is 5.69. The van der Waals surface area contributed by atoms with E-state index in [-0.39, 0.29) is 6.04 Å². The first-order valence-corrected chi connectivity index (χ1v) is 7.48. The van der Waals surface area contributed by atoms with E-state index < -0.39 is 0 Å². The summed E-state index contributed by atoms with van der Waals surface area (Å²) in [6, 6.07) is 2.29. The molecule has 20 heavy (non-hydrogen) atoms. The lowest BCUT2D eigenvalue weighted by molar-refractivity contribution is 0.0995. The summed E-state index contributed by atoms with van der Waals surface area (Å²) in [6.45, 7) is 6.46. The minimum absolute atomic E-state index is 0.168. The van der Waals surface area contributed by atoms with Crippen molar-refractivity contribution in [3.05, 3.63) is 24.2 Å². The highest BCUT2D eigenvalue weighted by atomic mass is 35.5. The third-order valence-corrected chi connectivity index (χ3v) is 4.01. The highest BCUT2D eigenvalue weighted by Crippen LogP contribution is 2.25. The van der Waals surface area contributed by atoms with Crippen molar-refractivity contribution >= 4 is 22.9 Å². The normalized spacial score (nSPS) is 20.0. The molecule has 0 amide bonds. The maximum absolute atomic E-state index is 6.06. The van der Waals surface area contributed by atoms with Gasteiger partial charge in [-0.3, -0.25) is 0 Å². The number of morpholine rings is 1. The molecule has 0 saturated carbocycles. The van der Waals surface area contributed by atoms with Crippen molar-refractivity contribution in [1.29, 1.82) is 0 Å². The maximum atomic E-state index is 6.06. The first kappa shape index (κ1) is 13.6. The molecule has 1 fully saturated rings. The monoisotopic (exact) mass is 294 g/mol. The minimum Gasteiger partial charge on any atom is -0.377 e. The van der Waals surface area contributed by atoms with Gasteiger partial charge in [-0.25, -0.2) is 9.50 Å². The van der Waals surface area contributed by atoms with Gasteiger partial charge in [0, 0.05) is 24.8 Å². The van der Waals surface area contributed by atoms with Crippen molar-refractivity contribution in [3.8, 4) is 0 Å². The van der Waals surface area contributed by atoms with E-state index in [1.807, 2.05) is 10.7 Å². The summed E-state index contributed by atoms with van der Waals surface area (Å²) < 4.78 is 7.41. The van der Waals surface area contributed by atoms with Gasteiger partial charge < -0.3 is 9.64 Å². The number of alkyl halides is 1. The number of halogens is 1. The van der Waals surface area contributed by atoms with Gasteiger partial charge in [-0.05, 0) is 12.0 Å². The Morgan fingerprint density at radius 1 is 1.50 bits per heavy atom. The average molecular weight is 295 g/mol. The zero-order valence-electron chi connectivity index (χ0n) is 11.8. The SMILES string of the molecule is CC(C)c1cc2c(N3CCOCC3CCl)nccn2n1. The van der Waals surface area contributed by atoms with Crippen LogP contribution < -0.4 is 4.90 Å². The summed E-state index contributed by atoms with van der Waals surface area (Å²) in [6.07, 6.45) is 3.68. The van der Waals surface area contributed by atoms with E-state index >= 15 is 0 Å². The Labute approximate surface area is 123 Å². The molecule has 0 spiro atoms. The fraction of sp³-hybridized carbons (Fsp3) is 0.571. The van der Waals surface area contributed by atoms with Gasteiger partial charge >= 0.3 is 0 Å². The lowest BCUT2D eigenvalue weighted by Crippen LogP contribution is -2.47. The molecule has 1 unspecified atom stereocenters. The standard InChI is InChI=1S/C14H19ClN4O/c1-10(2)12-7-13-14(16-3-4-19(13)17-12)18-5-6-20-9-11(18)8-15/h3-4,7,10-11H,5-6,8-9H2,1-2H3. The molecule has 2 aromatic rings. The third-order valence-electron chi connectivity index (χ3n) is 3.66. The van der Waals surface area contributed by atoms with Crippen LogP contribution in [0.15, 0.2) is 18.5 Å². The first-order valence-electron chi connectivity index (χ1n) is 6.95. The Hall–Kier alpha value is -1.33. The lowest BCUT2D eigenvalue weighted by Gasteiger charge is -2.35. The second kappa shape index (κ2) is 5.58. The first-order chi connectivity index (χ1) is 9.70. The van der Waals surface area contributed by atoms with E-state index in [1.54, 1.807) is 6.20 Å². The molecule has 0 aliphatic carbocycles. The summed E-state index contributed by atoms with van der Waals surface area (Å²) in [7, 11) is 0. The van der Waals surface area contributed by atoms with E-state index in [2.05, 4.69) is 34.9 Å². The zero-order valence-corrected chi connectivity index (χ0v) is 12.5. The summed E-state index contributed by atoms with van der Waals surface area (Å²) in [4.78, 5) is 6.79. The quantitative estimate of drug-likeness (QED) is 0.815. The van der Waals surface area contributed by atoms with E-state index in [1.165, 1.54) is 0 Å². The predicted molar refractivity (Wildman–Crippen MR) is 79.7 cm³/mol. The molecule has 5 nitrogen and oxygen atoms in total. The molecule has 0 N–H and O–H groups in total.